The van der Waals surface area contributed by atoms with E-state index in [0.717, 1.165) is 21.9 Å². The number of rotatable bonds is 5. The largest absolute Gasteiger partial charge is 0.471 e. The van der Waals surface area contributed by atoms with Crippen molar-refractivity contribution in [1.82, 2.24) is 9.78 Å². The van der Waals surface area contributed by atoms with Crippen LogP contribution in [0.15, 0.2) is 66.7 Å². The molecule has 0 amide bonds. The molecule has 0 aliphatic heterocycles. The second-order valence-corrected chi connectivity index (χ2v) is 6.75. The number of hydrogen-bond donors (Lipinski definition) is 1. The van der Waals surface area contributed by atoms with E-state index in [1.165, 1.54) is 5.56 Å². The Labute approximate surface area is 163 Å². The van der Waals surface area contributed by atoms with Crippen LogP contribution in [0.2, 0.25) is 0 Å². The molecule has 138 valence electrons. The van der Waals surface area contributed by atoms with E-state index in [0.29, 0.717) is 19.0 Å². The van der Waals surface area contributed by atoms with Crippen LogP contribution in [0.3, 0.4) is 0 Å². The van der Waals surface area contributed by atoms with Gasteiger partial charge in [0.1, 0.15) is 18.5 Å². The predicted molar refractivity (Wildman–Crippen MR) is 110 cm³/mol. The molecule has 0 bridgehead atoms. The molecular formula is C23H20N4O. The summed E-state index contributed by atoms with van der Waals surface area (Å²) < 4.78 is 7.52. The molecule has 3 aromatic carbocycles. The molecule has 4 aromatic rings. The molecule has 0 fully saturated rings. The van der Waals surface area contributed by atoms with Gasteiger partial charge in [0.05, 0.1) is 6.54 Å². The minimum Gasteiger partial charge on any atom is -0.471 e. The van der Waals surface area contributed by atoms with Gasteiger partial charge in [0.25, 0.3) is 5.88 Å². The fourth-order valence-electron chi connectivity index (χ4n) is 3.21. The molecule has 2 N–H and O–H groups in total. The first kappa shape index (κ1) is 17.6. The van der Waals surface area contributed by atoms with E-state index in [4.69, 9.17) is 10.5 Å². The van der Waals surface area contributed by atoms with Crippen molar-refractivity contribution in [2.75, 3.05) is 5.73 Å². The lowest BCUT2D eigenvalue weighted by Crippen LogP contribution is -2.06. The molecule has 0 spiro atoms. The summed E-state index contributed by atoms with van der Waals surface area (Å²) in [4.78, 5) is 0. The summed E-state index contributed by atoms with van der Waals surface area (Å²) in [6.07, 6.45) is 0. The van der Waals surface area contributed by atoms with Gasteiger partial charge in [-0.15, -0.1) is 5.10 Å². The minimum atomic E-state index is 0.264. The topological polar surface area (TPSA) is 76.9 Å². The van der Waals surface area contributed by atoms with E-state index in [9.17, 15) is 5.26 Å². The summed E-state index contributed by atoms with van der Waals surface area (Å²) in [5.41, 5.74) is 9.71. The van der Waals surface area contributed by atoms with Gasteiger partial charge in [-0.3, -0.25) is 0 Å². The van der Waals surface area contributed by atoms with Gasteiger partial charge in [0.2, 0.25) is 0 Å². The third-order valence-electron chi connectivity index (χ3n) is 4.77. The summed E-state index contributed by atoms with van der Waals surface area (Å²) in [5, 5.41) is 16.2. The lowest BCUT2D eigenvalue weighted by molar-refractivity contribution is 0.290. The number of nitriles is 1. The third kappa shape index (κ3) is 3.40. The maximum Gasteiger partial charge on any atom is 0.253 e. The Morgan fingerprint density at radius 1 is 1.04 bits per heavy atom. The standard InChI is InChI=1S/C23H20N4O/c1-16-9-11-17(12-10-16)14-27-22(25)21(13-24)23(26-27)28-15-19-7-4-6-18-5-2-3-8-20(18)19/h2-12H,14-15,25H2,1H3. The monoisotopic (exact) mass is 368 g/mol. The van der Waals surface area contributed by atoms with E-state index in [2.05, 4.69) is 29.4 Å². The Bertz CT molecular complexity index is 1160. The van der Waals surface area contributed by atoms with Crippen LogP contribution in [0, 0.1) is 18.3 Å². The zero-order chi connectivity index (χ0) is 19.5. The molecule has 0 radical (unpaired) electrons. The highest BCUT2D eigenvalue weighted by Gasteiger charge is 2.17. The number of nitrogens with zero attached hydrogens (tertiary/aromatic N) is 3. The highest BCUT2D eigenvalue weighted by Crippen LogP contribution is 2.26. The van der Waals surface area contributed by atoms with Crippen molar-refractivity contribution in [2.45, 2.75) is 20.1 Å². The fraction of sp³-hybridized carbons (Fsp3) is 0.130. The first-order chi connectivity index (χ1) is 13.7. The smallest absolute Gasteiger partial charge is 0.253 e. The zero-order valence-corrected chi connectivity index (χ0v) is 15.6. The van der Waals surface area contributed by atoms with Crippen molar-refractivity contribution in [1.29, 1.82) is 5.26 Å². The summed E-state index contributed by atoms with van der Waals surface area (Å²) in [5.74, 6) is 0.580. The molecule has 0 atom stereocenters. The van der Waals surface area contributed by atoms with Crippen LogP contribution in [0.5, 0.6) is 5.88 Å². The molecule has 0 aliphatic rings. The Kier molecular flexibility index (Phi) is 4.69. The minimum absolute atomic E-state index is 0.264. The SMILES string of the molecule is Cc1ccc(Cn2nc(OCc3cccc4ccccc34)c(C#N)c2N)cc1. The lowest BCUT2D eigenvalue weighted by atomic mass is 10.1. The summed E-state index contributed by atoms with van der Waals surface area (Å²) >= 11 is 0. The molecular weight excluding hydrogens is 348 g/mol. The molecule has 1 heterocycles. The van der Waals surface area contributed by atoms with Crippen LogP contribution in [0.1, 0.15) is 22.3 Å². The first-order valence-corrected chi connectivity index (χ1v) is 9.07. The fourth-order valence-corrected chi connectivity index (χ4v) is 3.21. The van der Waals surface area contributed by atoms with E-state index < -0.39 is 0 Å². The molecule has 0 aliphatic carbocycles. The number of hydrogen-bond acceptors (Lipinski definition) is 4. The number of nitrogen functional groups attached to an aromatic ring is 1. The van der Waals surface area contributed by atoms with Crippen molar-refractivity contribution >= 4 is 16.6 Å². The molecule has 1 aromatic heterocycles. The summed E-state index contributed by atoms with van der Waals surface area (Å²) in [6.45, 7) is 2.84. The number of anilines is 1. The van der Waals surface area contributed by atoms with Crippen molar-refractivity contribution in [3.63, 3.8) is 0 Å². The second-order valence-electron chi connectivity index (χ2n) is 6.75. The Hall–Kier alpha value is -3.78. The van der Waals surface area contributed by atoms with Gasteiger partial charge in [0.15, 0.2) is 5.56 Å². The van der Waals surface area contributed by atoms with Crippen molar-refractivity contribution in [3.05, 3.63) is 89.0 Å². The van der Waals surface area contributed by atoms with Crippen molar-refractivity contribution in [3.8, 4) is 11.9 Å². The first-order valence-electron chi connectivity index (χ1n) is 9.07. The van der Waals surface area contributed by atoms with Gasteiger partial charge in [-0.25, -0.2) is 4.68 Å². The number of nitrogens with two attached hydrogens (primary N) is 1. The van der Waals surface area contributed by atoms with Gasteiger partial charge in [0, 0.05) is 0 Å². The summed E-state index contributed by atoms with van der Waals surface area (Å²) in [6, 6.07) is 24.5. The number of benzene rings is 3. The number of aromatic nitrogens is 2. The van der Waals surface area contributed by atoms with E-state index in [1.54, 1.807) is 4.68 Å². The highest BCUT2D eigenvalue weighted by molar-refractivity contribution is 5.85. The van der Waals surface area contributed by atoms with Gasteiger partial charge in [-0.05, 0) is 28.8 Å². The second kappa shape index (κ2) is 7.45. The average Bonchev–Trinajstić information content (AvgIpc) is 3.02. The number of ether oxygens (including phenoxy) is 1. The number of aryl methyl sites for hydroxylation is 1. The number of fused-ring (bicyclic) bond motifs is 1. The van der Waals surface area contributed by atoms with Gasteiger partial charge >= 0.3 is 0 Å². The maximum absolute atomic E-state index is 9.52. The quantitative estimate of drug-likeness (QED) is 0.565. The van der Waals surface area contributed by atoms with Crippen LogP contribution in [-0.4, -0.2) is 9.78 Å². The van der Waals surface area contributed by atoms with Crippen LogP contribution < -0.4 is 10.5 Å². The molecule has 5 nitrogen and oxygen atoms in total. The lowest BCUT2D eigenvalue weighted by Gasteiger charge is -2.07. The van der Waals surface area contributed by atoms with Gasteiger partial charge in [-0.1, -0.05) is 72.3 Å². The predicted octanol–water partition coefficient (Wildman–Crippen LogP) is 4.43. The highest BCUT2D eigenvalue weighted by atomic mass is 16.5. The van der Waals surface area contributed by atoms with Crippen molar-refractivity contribution < 1.29 is 4.74 Å². The van der Waals surface area contributed by atoms with E-state index in [-0.39, 0.29) is 11.4 Å². The maximum atomic E-state index is 9.52. The zero-order valence-electron chi connectivity index (χ0n) is 15.6. The van der Waals surface area contributed by atoms with E-state index in [1.807, 2.05) is 55.5 Å². The molecule has 4 rings (SSSR count). The molecule has 0 saturated heterocycles. The average molecular weight is 368 g/mol. The molecule has 5 heteroatoms. The van der Waals surface area contributed by atoms with Crippen LogP contribution in [-0.2, 0) is 13.2 Å². The van der Waals surface area contributed by atoms with Crippen LogP contribution in [0.25, 0.3) is 10.8 Å². The third-order valence-corrected chi connectivity index (χ3v) is 4.77. The molecule has 0 unspecified atom stereocenters. The van der Waals surface area contributed by atoms with Gasteiger partial charge in [-0.2, -0.15) is 5.26 Å². The Morgan fingerprint density at radius 2 is 1.79 bits per heavy atom. The van der Waals surface area contributed by atoms with Crippen LogP contribution >= 0.6 is 0 Å². The molecule has 0 saturated carbocycles. The van der Waals surface area contributed by atoms with E-state index >= 15 is 0 Å². The van der Waals surface area contributed by atoms with Gasteiger partial charge < -0.3 is 10.5 Å². The van der Waals surface area contributed by atoms with Crippen molar-refractivity contribution in [2.24, 2.45) is 0 Å². The van der Waals surface area contributed by atoms with Crippen LogP contribution in [0.4, 0.5) is 5.82 Å². The Balaban J connectivity index is 1.59. The Morgan fingerprint density at radius 3 is 2.57 bits per heavy atom. The molecule has 28 heavy (non-hydrogen) atoms. The summed E-state index contributed by atoms with van der Waals surface area (Å²) in [7, 11) is 0. The normalized spacial score (nSPS) is 10.7.